The highest BCUT2D eigenvalue weighted by Crippen LogP contribution is 2.31. The number of amides is 1. The minimum absolute atomic E-state index is 0.115. The summed E-state index contributed by atoms with van der Waals surface area (Å²) in [7, 11) is 0. The lowest BCUT2D eigenvalue weighted by Gasteiger charge is -2.37. The first-order chi connectivity index (χ1) is 9.01. The molecule has 1 saturated carbocycles. The summed E-state index contributed by atoms with van der Waals surface area (Å²) >= 11 is 0. The van der Waals surface area contributed by atoms with Gasteiger partial charge in [0.25, 0.3) is 5.91 Å². The Labute approximate surface area is 113 Å². The summed E-state index contributed by atoms with van der Waals surface area (Å²) in [4.78, 5) is 12.1. The molecular weight excluding hydrogens is 242 g/mol. The molecule has 1 fully saturated rings. The molecule has 0 radical (unpaired) electrons. The van der Waals surface area contributed by atoms with Crippen LogP contribution in [-0.4, -0.2) is 28.3 Å². The molecule has 0 saturated heterocycles. The highest BCUT2D eigenvalue weighted by molar-refractivity contribution is 5.94. The smallest absolute Gasteiger partial charge is 0.251 e. The third-order valence-corrected chi connectivity index (χ3v) is 3.93. The summed E-state index contributed by atoms with van der Waals surface area (Å²) in [5.41, 5.74) is 1.26. The molecule has 0 spiro atoms. The van der Waals surface area contributed by atoms with Crippen molar-refractivity contribution in [2.75, 3.05) is 0 Å². The Balaban J connectivity index is 2.00. The summed E-state index contributed by atoms with van der Waals surface area (Å²) in [5.74, 6) is 0.462. The van der Waals surface area contributed by atoms with E-state index in [1.165, 1.54) is 6.07 Å². The lowest BCUT2D eigenvalue weighted by molar-refractivity contribution is 0.0232. The number of phenols is 1. The van der Waals surface area contributed by atoms with E-state index in [4.69, 9.17) is 0 Å². The van der Waals surface area contributed by atoms with E-state index in [-0.39, 0.29) is 23.8 Å². The topological polar surface area (TPSA) is 69.6 Å². The first-order valence-corrected chi connectivity index (χ1v) is 6.79. The van der Waals surface area contributed by atoms with Gasteiger partial charge in [0.05, 0.1) is 6.10 Å². The van der Waals surface area contributed by atoms with Crippen LogP contribution in [0, 0.1) is 12.8 Å². The van der Waals surface area contributed by atoms with Gasteiger partial charge in [-0.15, -0.1) is 0 Å². The fraction of sp³-hybridized carbons (Fsp3) is 0.533. The Morgan fingerprint density at radius 1 is 1.47 bits per heavy atom. The molecule has 19 heavy (non-hydrogen) atoms. The largest absolute Gasteiger partial charge is 0.508 e. The molecule has 2 rings (SSSR count). The van der Waals surface area contributed by atoms with Crippen LogP contribution in [0.5, 0.6) is 5.75 Å². The van der Waals surface area contributed by atoms with E-state index in [2.05, 4.69) is 5.32 Å². The Bertz CT molecular complexity index is 466. The van der Waals surface area contributed by atoms with E-state index in [0.717, 1.165) is 19.3 Å². The maximum atomic E-state index is 12.1. The molecule has 0 bridgehead atoms. The van der Waals surface area contributed by atoms with Crippen LogP contribution >= 0.6 is 0 Å². The number of aliphatic hydroxyl groups excluding tert-OH is 1. The molecule has 0 aliphatic heterocycles. The van der Waals surface area contributed by atoms with E-state index in [0.29, 0.717) is 17.0 Å². The quantitative estimate of drug-likeness (QED) is 0.778. The van der Waals surface area contributed by atoms with Gasteiger partial charge in [0, 0.05) is 11.6 Å². The maximum Gasteiger partial charge on any atom is 0.251 e. The second-order valence-corrected chi connectivity index (χ2v) is 5.37. The number of rotatable bonds is 4. The van der Waals surface area contributed by atoms with Crippen LogP contribution in [0.1, 0.15) is 42.1 Å². The summed E-state index contributed by atoms with van der Waals surface area (Å²) in [6, 6.07) is 4.97. The van der Waals surface area contributed by atoms with Crippen LogP contribution in [0.15, 0.2) is 18.2 Å². The normalized spacial score (nSPS) is 23.5. The van der Waals surface area contributed by atoms with Crippen molar-refractivity contribution in [3.05, 3.63) is 29.3 Å². The molecule has 4 heteroatoms. The van der Waals surface area contributed by atoms with Gasteiger partial charge in [-0.05, 0) is 55.9 Å². The van der Waals surface area contributed by atoms with Crippen molar-refractivity contribution in [3.63, 3.8) is 0 Å². The van der Waals surface area contributed by atoms with Gasteiger partial charge in [0.2, 0.25) is 0 Å². The Morgan fingerprint density at radius 2 is 2.16 bits per heavy atom. The number of hydrogen-bond acceptors (Lipinski definition) is 3. The van der Waals surface area contributed by atoms with Gasteiger partial charge in [-0.25, -0.2) is 0 Å². The molecule has 4 nitrogen and oxygen atoms in total. The summed E-state index contributed by atoms with van der Waals surface area (Å²) in [6.07, 6.45) is 2.20. The lowest BCUT2D eigenvalue weighted by Crippen LogP contribution is -2.46. The average Bonchev–Trinajstić information content (AvgIpc) is 2.35. The highest BCUT2D eigenvalue weighted by atomic mass is 16.3. The van der Waals surface area contributed by atoms with Crippen molar-refractivity contribution in [2.24, 2.45) is 5.92 Å². The fourth-order valence-corrected chi connectivity index (χ4v) is 2.56. The molecule has 1 aromatic rings. The zero-order valence-electron chi connectivity index (χ0n) is 11.4. The van der Waals surface area contributed by atoms with Crippen LogP contribution in [0.2, 0.25) is 0 Å². The van der Waals surface area contributed by atoms with Gasteiger partial charge in [0.1, 0.15) is 5.75 Å². The van der Waals surface area contributed by atoms with Gasteiger partial charge < -0.3 is 15.5 Å². The highest BCUT2D eigenvalue weighted by Gasteiger charge is 2.33. The van der Waals surface area contributed by atoms with Gasteiger partial charge in [-0.2, -0.15) is 0 Å². The number of hydrogen-bond donors (Lipinski definition) is 3. The zero-order chi connectivity index (χ0) is 14.0. The Hall–Kier alpha value is -1.55. The Kier molecular flexibility index (Phi) is 4.10. The number of aliphatic hydroxyl groups is 1. The predicted octanol–water partition coefficient (Wildman–Crippen LogP) is 1.98. The number of aryl methyl sites for hydroxylation is 1. The van der Waals surface area contributed by atoms with Gasteiger partial charge >= 0.3 is 0 Å². The van der Waals surface area contributed by atoms with E-state index in [1.54, 1.807) is 19.1 Å². The Morgan fingerprint density at radius 3 is 2.68 bits per heavy atom. The third kappa shape index (κ3) is 3.07. The number of carbonyl (C=O) groups is 1. The van der Waals surface area contributed by atoms with E-state index in [9.17, 15) is 15.0 Å². The number of nitrogens with one attached hydrogen (secondary N) is 1. The van der Waals surface area contributed by atoms with Crippen LogP contribution in [0.25, 0.3) is 0 Å². The SMILES string of the molecule is CCC(NC(=O)c1ccc(O)c(C)c1)C1CC(O)C1. The van der Waals surface area contributed by atoms with E-state index < -0.39 is 0 Å². The first-order valence-electron chi connectivity index (χ1n) is 6.79. The van der Waals surface area contributed by atoms with Crippen molar-refractivity contribution in [2.45, 2.75) is 45.3 Å². The van der Waals surface area contributed by atoms with Crippen molar-refractivity contribution >= 4 is 5.91 Å². The van der Waals surface area contributed by atoms with Gasteiger partial charge in [0.15, 0.2) is 0 Å². The molecule has 1 amide bonds. The molecule has 0 heterocycles. The van der Waals surface area contributed by atoms with Crippen molar-refractivity contribution < 1.29 is 15.0 Å². The molecule has 1 aromatic carbocycles. The summed E-state index contributed by atoms with van der Waals surface area (Å²) in [6.45, 7) is 3.81. The van der Waals surface area contributed by atoms with Crippen LogP contribution in [0.4, 0.5) is 0 Å². The number of carbonyl (C=O) groups excluding carboxylic acids is 1. The van der Waals surface area contributed by atoms with Crippen molar-refractivity contribution in [3.8, 4) is 5.75 Å². The van der Waals surface area contributed by atoms with Gasteiger partial charge in [-0.3, -0.25) is 4.79 Å². The maximum absolute atomic E-state index is 12.1. The van der Waals surface area contributed by atoms with Crippen LogP contribution in [0.3, 0.4) is 0 Å². The van der Waals surface area contributed by atoms with E-state index >= 15 is 0 Å². The summed E-state index contributed by atoms with van der Waals surface area (Å²) in [5, 5.41) is 21.8. The van der Waals surface area contributed by atoms with Crippen LogP contribution < -0.4 is 5.32 Å². The fourth-order valence-electron chi connectivity index (χ4n) is 2.56. The van der Waals surface area contributed by atoms with Gasteiger partial charge in [-0.1, -0.05) is 6.92 Å². The molecule has 1 aliphatic carbocycles. The molecule has 3 N–H and O–H groups in total. The number of aromatic hydroxyl groups is 1. The second-order valence-electron chi connectivity index (χ2n) is 5.37. The van der Waals surface area contributed by atoms with E-state index in [1.807, 2.05) is 6.92 Å². The summed E-state index contributed by atoms with van der Waals surface area (Å²) < 4.78 is 0. The molecule has 104 valence electrons. The standard InChI is InChI=1S/C15H21NO3/c1-3-13(11-7-12(17)8-11)16-15(19)10-4-5-14(18)9(2)6-10/h4-6,11-13,17-18H,3,7-8H2,1-2H3,(H,16,19). The van der Waals surface area contributed by atoms with Crippen LogP contribution in [-0.2, 0) is 0 Å². The van der Waals surface area contributed by atoms with Crippen molar-refractivity contribution in [1.82, 2.24) is 5.32 Å². The minimum atomic E-state index is -0.202. The lowest BCUT2D eigenvalue weighted by atomic mass is 9.76. The molecule has 0 aromatic heterocycles. The third-order valence-electron chi connectivity index (χ3n) is 3.93. The molecule has 1 unspecified atom stereocenters. The average molecular weight is 263 g/mol. The minimum Gasteiger partial charge on any atom is -0.508 e. The molecule has 1 atom stereocenters. The number of benzene rings is 1. The molecule has 1 aliphatic rings. The monoisotopic (exact) mass is 263 g/mol. The molecular formula is C15H21NO3. The van der Waals surface area contributed by atoms with Crippen molar-refractivity contribution in [1.29, 1.82) is 0 Å². The number of phenolic OH excluding ortho intramolecular Hbond substituents is 1. The predicted molar refractivity (Wildman–Crippen MR) is 73.1 cm³/mol. The second kappa shape index (κ2) is 5.61. The zero-order valence-corrected chi connectivity index (χ0v) is 11.4. The first kappa shape index (κ1) is 13.9.